The summed E-state index contributed by atoms with van der Waals surface area (Å²) >= 11 is 0. The van der Waals surface area contributed by atoms with E-state index in [1.54, 1.807) is 14.0 Å². The van der Waals surface area contributed by atoms with E-state index in [1.807, 2.05) is 36.7 Å². The Labute approximate surface area is 94.6 Å². The highest BCUT2D eigenvalue weighted by Gasteiger charge is 2.15. The summed E-state index contributed by atoms with van der Waals surface area (Å²) in [6, 6.07) is 5.86. The first-order valence-corrected chi connectivity index (χ1v) is 5.20. The van der Waals surface area contributed by atoms with E-state index in [2.05, 4.69) is 0 Å². The Morgan fingerprint density at radius 2 is 2.06 bits per heavy atom. The molecule has 0 N–H and O–H groups in total. The van der Waals surface area contributed by atoms with Gasteiger partial charge in [0, 0.05) is 24.9 Å². The van der Waals surface area contributed by atoms with E-state index in [1.165, 1.54) is 0 Å². The lowest BCUT2D eigenvalue weighted by Gasteiger charge is -2.01. The van der Waals surface area contributed by atoms with Gasteiger partial charge in [-0.05, 0) is 30.7 Å². The van der Waals surface area contributed by atoms with Crippen molar-refractivity contribution in [1.82, 2.24) is 4.57 Å². The molecule has 1 heterocycles. The summed E-state index contributed by atoms with van der Waals surface area (Å²) in [5.74, 6) is 0.909. The van der Waals surface area contributed by atoms with Crippen LogP contribution in [0.25, 0.3) is 10.9 Å². The molecular weight excluding hydrogens is 202 g/mol. The average Bonchev–Trinajstić information content (AvgIpc) is 2.51. The number of hydrogen-bond acceptors (Lipinski definition) is 2. The van der Waals surface area contributed by atoms with Crippen LogP contribution >= 0.6 is 0 Å². The van der Waals surface area contributed by atoms with Gasteiger partial charge in [0.15, 0.2) is 5.78 Å². The van der Waals surface area contributed by atoms with Gasteiger partial charge in [-0.1, -0.05) is 0 Å². The van der Waals surface area contributed by atoms with Crippen molar-refractivity contribution in [2.24, 2.45) is 7.05 Å². The van der Waals surface area contributed by atoms with Crippen LogP contribution in [0.4, 0.5) is 0 Å². The van der Waals surface area contributed by atoms with E-state index in [0.29, 0.717) is 0 Å². The molecule has 3 nitrogen and oxygen atoms in total. The monoisotopic (exact) mass is 217 g/mol. The molecule has 1 aromatic heterocycles. The lowest BCUT2D eigenvalue weighted by molar-refractivity contribution is 0.101. The Kier molecular flexibility index (Phi) is 2.46. The topological polar surface area (TPSA) is 31.2 Å². The molecule has 0 aliphatic heterocycles. The van der Waals surface area contributed by atoms with Crippen LogP contribution in [-0.2, 0) is 7.05 Å². The van der Waals surface area contributed by atoms with E-state index in [4.69, 9.17) is 4.74 Å². The molecule has 84 valence electrons. The normalized spacial score (nSPS) is 10.8. The number of hydrogen-bond donors (Lipinski definition) is 0. The van der Waals surface area contributed by atoms with E-state index < -0.39 is 0 Å². The van der Waals surface area contributed by atoms with E-state index >= 15 is 0 Å². The Hall–Kier alpha value is -1.77. The van der Waals surface area contributed by atoms with Crippen LogP contribution in [0.15, 0.2) is 18.2 Å². The Balaban J connectivity index is 2.83. The van der Waals surface area contributed by atoms with Crippen molar-refractivity contribution in [2.75, 3.05) is 7.11 Å². The summed E-state index contributed by atoms with van der Waals surface area (Å²) in [6.45, 7) is 3.57. The molecule has 3 heteroatoms. The molecule has 0 radical (unpaired) electrons. The van der Waals surface area contributed by atoms with Crippen molar-refractivity contribution in [3.05, 3.63) is 29.5 Å². The molecule has 0 spiro atoms. The first-order chi connectivity index (χ1) is 7.56. The van der Waals surface area contributed by atoms with Gasteiger partial charge in [0.25, 0.3) is 0 Å². The molecule has 1 aromatic carbocycles. The summed E-state index contributed by atoms with van der Waals surface area (Å²) in [5, 5.41) is 1.08. The average molecular weight is 217 g/mol. The SMILES string of the molecule is COc1ccc2c(c1)c(C)c(C(C)=O)n2C. The van der Waals surface area contributed by atoms with Crippen molar-refractivity contribution in [3.8, 4) is 5.75 Å². The zero-order chi connectivity index (χ0) is 11.9. The van der Waals surface area contributed by atoms with Crippen molar-refractivity contribution in [1.29, 1.82) is 0 Å². The summed E-state index contributed by atoms with van der Waals surface area (Å²) in [4.78, 5) is 11.6. The number of carbonyl (C=O) groups excluding carboxylic acids is 1. The minimum atomic E-state index is 0.0927. The third-order valence-corrected chi connectivity index (χ3v) is 2.99. The maximum atomic E-state index is 11.6. The quantitative estimate of drug-likeness (QED) is 0.724. The number of ketones is 1. The number of ether oxygens (including phenoxy) is 1. The highest BCUT2D eigenvalue weighted by molar-refractivity contribution is 6.01. The van der Waals surface area contributed by atoms with Crippen molar-refractivity contribution in [3.63, 3.8) is 0 Å². The smallest absolute Gasteiger partial charge is 0.176 e. The number of fused-ring (bicyclic) bond motifs is 1. The third kappa shape index (κ3) is 1.40. The fourth-order valence-electron chi connectivity index (χ4n) is 2.23. The molecular formula is C13H15NO2. The number of aromatic nitrogens is 1. The van der Waals surface area contributed by atoms with Gasteiger partial charge in [-0.15, -0.1) is 0 Å². The van der Waals surface area contributed by atoms with Crippen LogP contribution < -0.4 is 4.74 Å². The minimum Gasteiger partial charge on any atom is -0.497 e. The predicted molar refractivity (Wildman–Crippen MR) is 64.2 cm³/mol. The van der Waals surface area contributed by atoms with Gasteiger partial charge in [0.05, 0.1) is 12.8 Å². The maximum Gasteiger partial charge on any atom is 0.176 e. The fourth-order valence-corrected chi connectivity index (χ4v) is 2.23. The molecule has 0 amide bonds. The van der Waals surface area contributed by atoms with Crippen molar-refractivity contribution < 1.29 is 9.53 Å². The van der Waals surface area contributed by atoms with E-state index in [0.717, 1.165) is 27.9 Å². The minimum absolute atomic E-state index is 0.0927. The zero-order valence-corrected chi connectivity index (χ0v) is 10.00. The van der Waals surface area contributed by atoms with Crippen LogP contribution in [0.5, 0.6) is 5.75 Å². The van der Waals surface area contributed by atoms with Gasteiger partial charge in [-0.2, -0.15) is 0 Å². The second-order valence-electron chi connectivity index (χ2n) is 3.97. The summed E-state index contributed by atoms with van der Waals surface area (Å²) in [6.07, 6.45) is 0. The number of benzene rings is 1. The number of methoxy groups -OCH3 is 1. The van der Waals surface area contributed by atoms with Crippen LogP contribution in [0.3, 0.4) is 0 Å². The maximum absolute atomic E-state index is 11.6. The molecule has 2 aromatic rings. The molecule has 16 heavy (non-hydrogen) atoms. The highest BCUT2D eigenvalue weighted by Crippen LogP contribution is 2.28. The number of nitrogens with zero attached hydrogens (tertiary/aromatic N) is 1. The van der Waals surface area contributed by atoms with Crippen molar-refractivity contribution in [2.45, 2.75) is 13.8 Å². The third-order valence-electron chi connectivity index (χ3n) is 2.99. The van der Waals surface area contributed by atoms with Gasteiger partial charge < -0.3 is 9.30 Å². The number of rotatable bonds is 2. The predicted octanol–water partition coefficient (Wildman–Crippen LogP) is 2.70. The number of Topliss-reactive ketones (excluding diaryl/α,β-unsaturated/α-hetero) is 1. The largest absolute Gasteiger partial charge is 0.497 e. The Bertz CT molecular complexity index is 567. The molecule has 0 fully saturated rings. The first-order valence-electron chi connectivity index (χ1n) is 5.20. The fraction of sp³-hybridized carbons (Fsp3) is 0.308. The van der Waals surface area contributed by atoms with Crippen LogP contribution in [0.1, 0.15) is 23.0 Å². The van der Waals surface area contributed by atoms with Gasteiger partial charge >= 0.3 is 0 Å². The highest BCUT2D eigenvalue weighted by atomic mass is 16.5. The van der Waals surface area contributed by atoms with Crippen LogP contribution in [-0.4, -0.2) is 17.5 Å². The van der Waals surface area contributed by atoms with Gasteiger partial charge in [-0.25, -0.2) is 0 Å². The lowest BCUT2D eigenvalue weighted by atomic mass is 10.1. The molecule has 0 unspecified atom stereocenters. The van der Waals surface area contributed by atoms with Gasteiger partial charge in [0.1, 0.15) is 5.75 Å². The molecule has 0 saturated heterocycles. The molecule has 0 aliphatic carbocycles. The molecule has 2 rings (SSSR count). The summed E-state index contributed by atoms with van der Waals surface area (Å²) < 4.78 is 7.13. The molecule has 0 aliphatic rings. The lowest BCUT2D eigenvalue weighted by Crippen LogP contribution is -2.02. The zero-order valence-electron chi connectivity index (χ0n) is 10.00. The molecule has 0 saturated carbocycles. The Morgan fingerprint density at radius 3 is 2.62 bits per heavy atom. The first kappa shape index (κ1) is 10.7. The van der Waals surface area contributed by atoms with Gasteiger partial charge in [-0.3, -0.25) is 4.79 Å². The van der Waals surface area contributed by atoms with Crippen LogP contribution in [0.2, 0.25) is 0 Å². The standard InChI is InChI=1S/C13H15NO2/c1-8-11-7-10(16-4)5-6-12(11)14(3)13(8)9(2)15/h5-7H,1-4H3. The van der Waals surface area contributed by atoms with Crippen LogP contribution in [0, 0.1) is 6.92 Å². The summed E-state index contributed by atoms with van der Waals surface area (Å²) in [7, 11) is 3.56. The number of aryl methyl sites for hydroxylation is 2. The Morgan fingerprint density at radius 1 is 1.38 bits per heavy atom. The molecule has 0 bridgehead atoms. The molecule has 0 atom stereocenters. The second kappa shape index (κ2) is 3.67. The number of carbonyl (C=O) groups is 1. The van der Waals surface area contributed by atoms with E-state index in [-0.39, 0.29) is 5.78 Å². The summed E-state index contributed by atoms with van der Waals surface area (Å²) in [5.41, 5.74) is 2.84. The second-order valence-corrected chi connectivity index (χ2v) is 3.97. The van der Waals surface area contributed by atoms with Crippen molar-refractivity contribution >= 4 is 16.7 Å². The van der Waals surface area contributed by atoms with E-state index in [9.17, 15) is 4.79 Å². The van der Waals surface area contributed by atoms with Gasteiger partial charge in [0.2, 0.25) is 0 Å².